The highest BCUT2D eigenvalue weighted by atomic mass is 35.5. The van der Waals surface area contributed by atoms with Crippen LogP contribution in [0.15, 0.2) is 0 Å². The first kappa shape index (κ1) is 10.3. The molecule has 0 N–H and O–H groups in total. The topological polar surface area (TPSA) is 18.5 Å². The van der Waals surface area contributed by atoms with E-state index in [0.717, 1.165) is 19.4 Å². The average molecular weight is 193 g/mol. The molecule has 0 bridgehead atoms. The third kappa shape index (κ3) is 4.29. The van der Waals surface area contributed by atoms with Crippen LogP contribution >= 0.6 is 11.6 Å². The van der Waals surface area contributed by atoms with Gasteiger partial charge in [-0.25, -0.2) is 0 Å². The van der Waals surface area contributed by atoms with Crippen molar-refractivity contribution in [2.45, 2.75) is 44.3 Å². The van der Waals surface area contributed by atoms with Crippen molar-refractivity contribution in [3.63, 3.8) is 0 Å². The quantitative estimate of drug-likeness (QED) is 0.640. The van der Waals surface area contributed by atoms with Crippen molar-refractivity contribution >= 4 is 11.6 Å². The Morgan fingerprint density at radius 1 is 1.50 bits per heavy atom. The second kappa shape index (κ2) is 4.45. The summed E-state index contributed by atoms with van der Waals surface area (Å²) in [4.78, 5) is -0.277. The van der Waals surface area contributed by atoms with Gasteiger partial charge in [0.15, 0.2) is 6.29 Å². The predicted molar refractivity (Wildman–Crippen MR) is 49.5 cm³/mol. The fraction of sp³-hybridized carbons (Fsp3) is 1.00. The maximum absolute atomic E-state index is 5.97. The summed E-state index contributed by atoms with van der Waals surface area (Å²) in [5, 5.41) is 0. The molecule has 0 spiro atoms. The van der Waals surface area contributed by atoms with Gasteiger partial charge in [0.25, 0.3) is 0 Å². The summed E-state index contributed by atoms with van der Waals surface area (Å²) in [5.74, 6) is 0. The minimum Gasteiger partial charge on any atom is -0.353 e. The molecule has 1 saturated heterocycles. The lowest BCUT2D eigenvalue weighted by atomic mass is 10.2. The van der Waals surface area contributed by atoms with Gasteiger partial charge in [0.05, 0.1) is 11.5 Å². The Morgan fingerprint density at radius 2 is 2.25 bits per heavy atom. The third-order valence-electron chi connectivity index (χ3n) is 1.75. The molecule has 2 nitrogen and oxygen atoms in total. The second-order valence-electron chi connectivity index (χ2n) is 3.83. The summed E-state index contributed by atoms with van der Waals surface area (Å²) >= 11 is 5.97. The summed E-state index contributed by atoms with van der Waals surface area (Å²) in [6.45, 7) is 5.27. The van der Waals surface area contributed by atoms with Crippen LogP contribution in [-0.2, 0) is 9.47 Å². The van der Waals surface area contributed by atoms with E-state index in [9.17, 15) is 0 Å². The Hall–Kier alpha value is 0.210. The van der Waals surface area contributed by atoms with E-state index in [0.29, 0.717) is 6.61 Å². The fourth-order valence-corrected chi connectivity index (χ4v) is 1.20. The van der Waals surface area contributed by atoms with Crippen molar-refractivity contribution < 1.29 is 9.47 Å². The lowest BCUT2D eigenvalue weighted by Gasteiger charge is -2.25. The number of halogens is 1. The zero-order valence-electron chi connectivity index (χ0n) is 7.81. The van der Waals surface area contributed by atoms with Crippen LogP contribution in [-0.4, -0.2) is 24.4 Å². The first-order valence-electron chi connectivity index (χ1n) is 4.50. The lowest BCUT2D eigenvalue weighted by molar-refractivity contribution is -0.165. The third-order valence-corrected chi connectivity index (χ3v) is 1.86. The molecule has 0 radical (unpaired) electrons. The van der Waals surface area contributed by atoms with Gasteiger partial charge in [-0.15, -0.1) is 11.6 Å². The van der Waals surface area contributed by atoms with Crippen LogP contribution < -0.4 is 0 Å². The number of hydrogen-bond donors (Lipinski definition) is 0. The molecular weight excluding hydrogens is 176 g/mol. The minimum atomic E-state index is -0.277. The number of alkyl halides is 1. The van der Waals surface area contributed by atoms with Gasteiger partial charge >= 0.3 is 0 Å². The van der Waals surface area contributed by atoms with Crippen LogP contribution in [0.3, 0.4) is 0 Å². The van der Waals surface area contributed by atoms with E-state index in [1.54, 1.807) is 0 Å². The number of rotatable bonds is 3. The van der Waals surface area contributed by atoms with Gasteiger partial charge < -0.3 is 9.47 Å². The van der Waals surface area contributed by atoms with E-state index >= 15 is 0 Å². The number of hydrogen-bond acceptors (Lipinski definition) is 2. The van der Waals surface area contributed by atoms with Crippen LogP contribution in [0.5, 0.6) is 0 Å². The van der Waals surface area contributed by atoms with Gasteiger partial charge in [-0.05, 0) is 33.1 Å². The van der Waals surface area contributed by atoms with Gasteiger partial charge in [0.1, 0.15) is 0 Å². The Balaban J connectivity index is 2.13. The number of ether oxygens (including phenoxy) is 2. The predicted octanol–water partition coefficient (Wildman–Crippen LogP) is 2.55. The largest absolute Gasteiger partial charge is 0.353 e. The van der Waals surface area contributed by atoms with Crippen molar-refractivity contribution in [3.05, 3.63) is 0 Å². The van der Waals surface area contributed by atoms with Crippen LogP contribution in [0, 0.1) is 0 Å². The summed E-state index contributed by atoms with van der Waals surface area (Å²) in [7, 11) is 0. The van der Waals surface area contributed by atoms with Crippen molar-refractivity contribution in [3.8, 4) is 0 Å². The summed E-state index contributed by atoms with van der Waals surface area (Å²) in [6, 6.07) is 0. The highest BCUT2D eigenvalue weighted by Gasteiger charge is 2.19. The molecule has 3 heteroatoms. The fourth-order valence-electron chi connectivity index (χ4n) is 1.13. The molecule has 1 rings (SSSR count). The van der Waals surface area contributed by atoms with Crippen LogP contribution in [0.2, 0.25) is 0 Å². The molecule has 1 heterocycles. The van der Waals surface area contributed by atoms with E-state index in [1.807, 2.05) is 13.8 Å². The van der Waals surface area contributed by atoms with Gasteiger partial charge in [-0.2, -0.15) is 0 Å². The molecule has 1 fully saturated rings. The maximum Gasteiger partial charge on any atom is 0.157 e. The molecular formula is C9H17ClO2. The van der Waals surface area contributed by atoms with E-state index in [4.69, 9.17) is 21.1 Å². The van der Waals surface area contributed by atoms with E-state index in [2.05, 4.69) is 0 Å². The monoisotopic (exact) mass is 192 g/mol. The van der Waals surface area contributed by atoms with Crippen LogP contribution in [0.4, 0.5) is 0 Å². The summed E-state index contributed by atoms with van der Waals surface area (Å²) < 4.78 is 10.9. The van der Waals surface area contributed by atoms with Crippen molar-refractivity contribution in [1.29, 1.82) is 0 Å². The molecule has 0 aromatic heterocycles. The van der Waals surface area contributed by atoms with E-state index < -0.39 is 0 Å². The second-order valence-corrected chi connectivity index (χ2v) is 4.85. The summed E-state index contributed by atoms with van der Waals surface area (Å²) in [6.07, 6.45) is 3.35. The van der Waals surface area contributed by atoms with Crippen molar-refractivity contribution in [1.82, 2.24) is 0 Å². The highest BCUT2D eigenvalue weighted by molar-refractivity contribution is 6.23. The molecule has 1 aliphatic rings. The molecule has 1 aliphatic heterocycles. The molecule has 1 unspecified atom stereocenters. The summed E-state index contributed by atoms with van der Waals surface area (Å²) in [5.41, 5.74) is 0. The first-order valence-corrected chi connectivity index (χ1v) is 4.88. The maximum atomic E-state index is 5.97. The minimum absolute atomic E-state index is 0.0169. The lowest BCUT2D eigenvalue weighted by Crippen LogP contribution is -2.28. The Kier molecular flexibility index (Phi) is 3.81. The molecule has 0 amide bonds. The van der Waals surface area contributed by atoms with Crippen molar-refractivity contribution in [2.75, 3.05) is 13.2 Å². The zero-order chi connectivity index (χ0) is 9.03. The molecule has 72 valence electrons. The Morgan fingerprint density at radius 3 is 2.75 bits per heavy atom. The first-order chi connectivity index (χ1) is 5.58. The molecule has 0 aromatic carbocycles. The normalized spacial score (nSPS) is 25.8. The van der Waals surface area contributed by atoms with E-state index in [-0.39, 0.29) is 11.2 Å². The average Bonchev–Trinajstić information content (AvgIpc) is 2.02. The van der Waals surface area contributed by atoms with Gasteiger partial charge in [0.2, 0.25) is 0 Å². The van der Waals surface area contributed by atoms with E-state index in [1.165, 1.54) is 6.42 Å². The SMILES string of the molecule is CC(C)(Cl)COC1CCCCO1. The Bertz CT molecular complexity index is 125. The smallest absolute Gasteiger partial charge is 0.157 e. The van der Waals surface area contributed by atoms with Crippen LogP contribution in [0.1, 0.15) is 33.1 Å². The van der Waals surface area contributed by atoms with Gasteiger partial charge in [0, 0.05) is 6.61 Å². The molecule has 0 aromatic rings. The molecule has 12 heavy (non-hydrogen) atoms. The van der Waals surface area contributed by atoms with Crippen LogP contribution in [0.25, 0.3) is 0 Å². The molecule has 0 aliphatic carbocycles. The molecule has 1 atom stereocenters. The van der Waals surface area contributed by atoms with Gasteiger partial charge in [-0.3, -0.25) is 0 Å². The zero-order valence-corrected chi connectivity index (χ0v) is 8.56. The van der Waals surface area contributed by atoms with Crippen molar-refractivity contribution in [2.24, 2.45) is 0 Å². The standard InChI is InChI=1S/C9H17ClO2/c1-9(2,10)7-12-8-5-3-4-6-11-8/h8H,3-7H2,1-2H3. The Labute approximate surface area is 79.2 Å². The van der Waals surface area contributed by atoms with Gasteiger partial charge in [-0.1, -0.05) is 0 Å². The molecule has 0 saturated carbocycles. The highest BCUT2D eigenvalue weighted by Crippen LogP contribution is 2.18.